The molecule has 0 saturated carbocycles. The number of hydrogen-bond acceptors (Lipinski definition) is 4. The maximum Gasteiger partial charge on any atom is 0.125 e. The van der Waals surface area contributed by atoms with Crippen LogP contribution in [-0.2, 0) is 6.42 Å². The topological polar surface area (TPSA) is 34.2 Å². The van der Waals surface area contributed by atoms with E-state index in [9.17, 15) is 0 Å². The van der Waals surface area contributed by atoms with Crippen molar-refractivity contribution in [1.82, 2.24) is 10.3 Å². The summed E-state index contributed by atoms with van der Waals surface area (Å²) in [5.74, 6) is 2.01. The Bertz CT molecular complexity index is 649. The van der Waals surface area contributed by atoms with Crippen LogP contribution in [0.3, 0.4) is 0 Å². The molecule has 4 heteroatoms. The molecule has 2 rings (SSSR count). The van der Waals surface area contributed by atoms with Crippen LogP contribution in [0.2, 0.25) is 0 Å². The minimum atomic E-state index is 0.472. The van der Waals surface area contributed by atoms with Crippen LogP contribution in [0.25, 0.3) is 11.3 Å². The SMILES string of the molecule is CCC(C)c1cc(-c2csc(CCNC)n2)cc(C(C)CC)c1OC. The van der Waals surface area contributed by atoms with E-state index in [1.54, 1.807) is 18.4 Å². The van der Waals surface area contributed by atoms with Gasteiger partial charge in [0.2, 0.25) is 0 Å². The van der Waals surface area contributed by atoms with E-state index >= 15 is 0 Å². The summed E-state index contributed by atoms with van der Waals surface area (Å²) in [6.45, 7) is 9.99. The minimum absolute atomic E-state index is 0.472. The molecule has 0 aliphatic heterocycles. The van der Waals surface area contributed by atoms with Gasteiger partial charge in [-0.05, 0) is 55.0 Å². The average molecular weight is 361 g/mol. The van der Waals surface area contributed by atoms with Crippen LogP contribution in [0.4, 0.5) is 0 Å². The highest BCUT2D eigenvalue weighted by Crippen LogP contribution is 2.40. The third-order valence-electron chi connectivity index (χ3n) is 5.07. The molecule has 0 fully saturated rings. The molecule has 0 aliphatic rings. The van der Waals surface area contributed by atoms with Crippen molar-refractivity contribution in [2.75, 3.05) is 20.7 Å². The number of hydrogen-bond donors (Lipinski definition) is 1. The Morgan fingerprint density at radius 2 is 1.72 bits per heavy atom. The first kappa shape index (κ1) is 19.9. The van der Waals surface area contributed by atoms with Crippen LogP contribution < -0.4 is 10.1 Å². The zero-order valence-corrected chi connectivity index (χ0v) is 17.3. The molecule has 2 atom stereocenters. The molecule has 138 valence electrons. The summed E-state index contributed by atoms with van der Waals surface area (Å²) in [7, 11) is 3.78. The standard InChI is InChI=1S/C21H32N2OS/c1-7-14(3)17-11-16(12-18(15(4)8-2)21(17)24-6)19-13-25-20(23-19)9-10-22-5/h11-15,22H,7-10H2,1-6H3. The highest BCUT2D eigenvalue weighted by atomic mass is 32.1. The minimum Gasteiger partial charge on any atom is -0.496 e. The van der Waals surface area contributed by atoms with Crippen LogP contribution in [0.1, 0.15) is 68.5 Å². The molecule has 1 heterocycles. The van der Waals surface area contributed by atoms with Gasteiger partial charge in [0.15, 0.2) is 0 Å². The number of likely N-dealkylation sites (N-methyl/N-ethyl adjacent to an activating group) is 1. The highest BCUT2D eigenvalue weighted by Gasteiger charge is 2.20. The van der Waals surface area contributed by atoms with Crippen molar-refractivity contribution >= 4 is 11.3 Å². The predicted octanol–water partition coefficient (Wildman–Crippen LogP) is 5.61. The van der Waals surface area contributed by atoms with E-state index in [1.807, 2.05) is 7.05 Å². The van der Waals surface area contributed by atoms with Crippen molar-refractivity contribution in [2.45, 2.75) is 58.8 Å². The fraction of sp³-hybridized carbons (Fsp3) is 0.571. The molecule has 1 aromatic carbocycles. The largest absolute Gasteiger partial charge is 0.496 e. The Morgan fingerprint density at radius 1 is 1.12 bits per heavy atom. The van der Waals surface area contributed by atoms with E-state index in [4.69, 9.17) is 9.72 Å². The molecule has 1 N–H and O–H groups in total. The molecule has 25 heavy (non-hydrogen) atoms. The maximum absolute atomic E-state index is 5.85. The Kier molecular flexibility index (Phi) is 7.45. The number of nitrogens with zero attached hydrogens (tertiary/aromatic N) is 1. The van der Waals surface area contributed by atoms with E-state index in [0.29, 0.717) is 11.8 Å². The number of nitrogens with one attached hydrogen (secondary N) is 1. The van der Waals surface area contributed by atoms with E-state index in [0.717, 1.165) is 37.3 Å². The summed E-state index contributed by atoms with van der Waals surface area (Å²) in [4.78, 5) is 4.86. The maximum atomic E-state index is 5.85. The number of methoxy groups -OCH3 is 1. The van der Waals surface area contributed by atoms with Crippen molar-refractivity contribution in [3.63, 3.8) is 0 Å². The van der Waals surface area contributed by atoms with Gasteiger partial charge in [0.05, 0.1) is 17.8 Å². The van der Waals surface area contributed by atoms with Gasteiger partial charge in [-0.1, -0.05) is 27.7 Å². The third-order valence-corrected chi connectivity index (χ3v) is 5.98. The van der Waals surface area contributed by atoms with Gasteiger partial charge in [0.25, 0.3) is 0 Å². The quantitative estimate of drug-likeness (QED) is 0.631. The van der Waals surface area contributed by atoms with Gasteiger partial charge in [-0.15, -0.1) is 11.3 Å². The van der Waals surface area contributed by atoms with Crippen LogP contribution in [0.5, 0.6) is 5.75 Å². The molecule has 0 spiro atoms. The zero-order chi connectivity index (χ0) is 18.4. The molecule has 0 radical (unpaired) electrons. The average Bonchev–Trinajstić information content (AvgIpc) is 3.12. The summed E-state index contributed by atoms with van der Waals surface area (Å²) >= 11 is 1.75. The Morgan fingerprint density at radius 3 is 2.20 bits per heavy atom. The van der Waals surface area contributed by atoms with Gasteiger partial charge in [0, 0.05) is 23.9 Å². The first-order valence-electron chi connectivity index (χ1n) is 9.36. The highest BCUT2D eigenvalue weighted by molar-refractivity contribution is 7.09. The molecule has 2 unspecified atom stereocenters. The van der Waals surface area contributed by atoms with Crippen LogP contribution in [0.15, 0.2) is 17.5 Å². The van der Waals surface area contributed by atoms with Crippen molar-refractivity contribution in [3.8, 4) is 17.0 Å². The third kappa shape index (κ3) is 4.62. The number of thiazole rings is 1. The second-order valence-electron chi connectivity index (χ2n) is 6.79. The number of rotatable bonds is 9. The van der Waals surface area contributed by atoms with Crippen molar-refractivity contribution in [1.29, 1.82) is 0 Å². The molecule has 0 amide bonds. The molecule has 2 aromatic rings. The predicted molar refractivity (Wildman–Crippen MR) is 109 cm³/mol. The van der Waals surface area contributed by atoms with E-state index < -0.39 is 0 Å². The normalized spacial score (nSPS) is 13.7. The molecular weight excluding hydrogens is 328 g/mol. The fourth-order valence-corrected chi connectivity index (χ4v) is 3.83. The Balaban J connectivity index is 2.52. The number of benzene rings is 1. The number of ether oxygens (including phenoxy) is 1. The summed E-state index contributed by atoms with van der Waals surface area (Å²) in [6, 6.07) is 4.57. The fourth-order valence-electron chi connectivity index (χ4n) is 3.02. The Labute approximate surface area is 156 Å². The lowest BCUT2D eigenvalue weighted by Crippen LogP contribution is -2.10. The van der Waals surface area contributed by atoms with Gasteiger partial charge in [-0.2, -0.15) is 0 Å². The van der Waals surface area contributed by atoms with Crippen molar-refractivity contribution in [2.24, 2.45) is 0 Å². The lowest BCUT2D eigenvalue weighted by molar-refractivity contribution is 0.397. The van der Waals surface area contributed by atoms with Crippen molar-refractivity contribution < 1.29 is 4.74 Å². The number of aromatic nitrogens is 1. The van der Waals surface area contributed by atoms with E-state index in [-0.39, 0.29) is 0 Å². The van der Waals surface area contributed by atoms with Crippen LogP contribution >= 0.6 is 11.3 Å². The van der Waals surface area contributed by atoms with E-state index in [1.165, 1.54) is 21.7 Å². The Hall–Kier alpha value is -1.39. The van der Waals surface area contributed by atoms with Crippen LogP contribution in [0, 0.1) is 0 Å². The second-order valence-corrected chi connectivity index (χ2v) is 7.73. The van der Waals surface area contributed by atoms with E-state index in [2.05, 4.69) is 50.5 Å². The lowest BCUT2D eigenvalue weighted by atomic mass is 9.87. The van der Waals surface area contributed by atoms with Crippen LogP contribution in [-0.4, -0.2) is 25.7 Å². The second kappa shape index (κ2) is 9.35. The van der Waals surface area contributed by atoms with Gasteiger partial charge in [-0.3, -0.25) is 0 Å². The summed E-state index contributed by atoms with van der Waals surface area (Å²) in [6.07, 6.45) is 3.18. The monoisotopic (exact) mass is 360 g/mol. The van der Waals surface area contributed by atoms with Crippen molar-refractivity contribution in [3.05, 3.63) is 33.6 Å². The van der Waals surface area contributed by atoms with Gasteiger partial charge < -0.3 is 10.1 Å². The zero-order valence-electron chi connectivity index (χ0n) is 16.5. The summed E-state index contributed by atoms with van der Waals surface area (Å²) in [5, 5.41) is 6.57. The molecule has 3 nitrogen and oxygen atoms in total. The summed E-state index contributed by atoms with van der Waals surface area (Å²) < 4.78 is 5.85. The summed E-state index contributed by atoms with van der Waals surface area (Å²) in [5.41, 5.74) is 4.93. The molecule has 0 saturated heterocycles. The molecule has 0 bridgehead atoms. The smallest absolute Gasteiger partial charge is 0.125 e. The van der Waals surface area contributed by atoms with Gasteiger partial charge >= 0.3 is 0 Å². The molecule has 1 aromatic heterocycles. The first-order valence-corrected chi connectivity index (χ1v) is 10.2. The first-order chi connectivity index (χ1) is 12.0. The lowest BCUT2D eigenvalue weighted by Gasteiger charge is -2.22. The van der Waals surface area contributed by atoms with Gasteiger partial charge in [-0.25, -0.2) is 4.98 Å². The van der Waals surface area contributed by atoms with Gasteiger partial charge in [0.1, 0.15) is 5.75 Å². The molecular formula is C21H32N2OS. The molecule has 0 aliphatic carbocycles.